The Bertz CT molecular complexity index is 421. The molecular formula is C11H13ClO4. The molecule has 16 heavy (non-hydrogen) atoms. The van der Waals surface area contributed by atoms with Crippen molar-refractivity contribution < 1.29 is 19.7 Å². The van der Waals surface area contributed by atoms with Crippen LogP contribution in [0.2, 0.25) is 5.02 Å². The zero-order valence-corrected chi connectivity index (χ0v) is 10.00. The van der Waals surface area contributed by atoms with Gasteiger partial charge in [0.05, 0.1) is 5.02 Å². The molecule has 0 aliphatic rings. The lowest BCUT2D eigenvalue weighted by atomic mass is 10.1. The Kier molecular flexibility index (Phi) is 3.33. The highest BCUT2D eigenvalue weighted by Gasteiger charge is 2.24. The van der Waals surface area contributed by atoms with Gasteiger partial charge in [-0.05, 0) is 32.9 Å². The van der Waals surface area contributed by atoms with E-state index in [1.165, 1.54) is 12.1 Å². The molecule has 0 aromatic heterocycles. The zero-order valence-electron chi connectivity index (χ0n) is 9.24. The Morgan fingerprint density at radius 1 is 1.31 bits per heavy atom. The molecular weight excluding hydrogens is 232 g/mol. The number of carbonyl (C=O) groups excluding carboxylic acids is 1. The fourth-order valence-corrected chi connectivity index (χ4v) is 1.31. The molecule has 5 heteroatoms. The Morgan fingerprint density at radius 3 is 2.38 bits per heavy atom. The van der Waals surface area contributed by atoms with Crippen molar-refractivity contribution in [3.63, 3.8) is 0 Å². The van der Waals surface area contributed by atoms with Gasteiger partial charge in [-0.2, -0.15) is 0 Å². The van der Waals surface area contributed by atoms with Gasteiger partial charge in [0.15, 0.2) is 11.5 Å². The SMILES string of the molecule is CC(C)(C)OC(=O)c1c(Cl)ccc(O)c1O. The highest BCUT2D eigenvalue weighted by Crippen LogP contribution is 2.35. The van der Waals surface area contributed by atoms with E-state index >= 15 is 0 Å². The molecule has 0 unspecified atom stereocenters. The molecule has 0 amide bonds. The molecule has 4 nitrogen and oxygen atoms in total. The van der Waals surface area contributed by atoms with Crippen molar-refractivity contribution in [3.8, 4) is 11.5 Å². The third kappa shape index (κ3) is 2.79. The first-order valence-corrected chi connectivity index (χ1v) is 5.04. The van der Waals surface area contributed by atoms with E-state index in [1.54, 1.807) is 20.8 Å². The van der Waals surface area contributed by atoms with Crippen LogP contribution in [0.3, 0.4) is 0 Å². The molecule has 0 saturated carbocycles. The summed E-state index contributed by atoms with van der Waals surface area (Å²) in [6, 6.07) is 2.52. The van der Waals surface area contributed by atoms with Gasteiger partial charge in [0.25, 0.3) is 0 Å². The van der Waals surface area contributed by atoms with E-state index in [-0.39, 0.29) is 10.6 Å². The topological polar surface area (TPSA) is 66.8 Å². The van der Waals surface area contributed by atoms with Crippen molar-refractivity contribution in [2.75, 3.05) is 0 Å². The first-order valence-electron chi connectivity index (χ1n) is 4.66. The maximum Gasteiger partial charge on any atom is 0.344 e. The number of carbonyl (C=O) groups is 1. The van der Waals surface area contributed by atoms with Crippen LogP contribution in [0.25, 0.3) is 0 Å². The summed E-state index contributed by atoms with van der Waals surface area (Å²) in [7, 11) is 0. The summed E-state index contributed by atoms with van der Waals surface area (Å²) in [4.78, 5) is 11.7. The second-order valence-corrected chi connectivity index (χ2v) is 4.70. The van der Waals surface area contributed by atoms with Gasteiger partial charge in [0.2, 0.25) is 0 Å². The van der Waals surface area contributed by atoms with Crippen LogP contribution in [0.15, 0.2) is 12.1 Å². The number of rotatable bonds is 1. The molecule has 0 radical (unpaired) electrons. The molecule has 0 aliphatic carbocycles. The van der Waals surface area contributed by atoms with Crippen LogP contribution in [0.5, 0.6) is 11.5 Å². The van der Waals surface area contributed by atoms with Crippen LogP contribution in [-0.4, -0.2) is 21.8 Å². The summed E-state index contributed by atoms with van der Waals surface area (Å²) < 4.78 is 5.05. The van der Waals surface area contributed by atoms with Crippen molar-refractivity contribution in [2.45, 2.75) is 26.4 Å². The van der Waals surface area contributed by atoms with Gasteiger partial charge in [-0.3, -0.25) is 0 Å². The van der Waals surface area contributed by atoms with E-state index in [1.807, 2.05) is 0 Å². The molecule has 0 aliphatic heterocycles. The van der Waals surface area contributed by atoms with Crippen molar-refractivity contribution in [1.82, 2.24) is 0 Å². The largest absolute Gasteiger partial charge is 0.504 e. The van der Waals surface area contributed by atoms with Crippen LogP contribution < -0.4 is 0 Å². The summed E-state index contributed by atoms with van der Waals surface area (Å²) in [5.74, 6) is -1.75. The number of hydrogen-bond donors (Lipinski definition) is 2. The summed E-state index contributed by atoms with van der Waals surface area (Å²) >= 11 is 5.75. The maximum absolute atomic E-state index is 11.7. The number of hydrogen-bond acceptors (Lipinski definition) is 4. The first-order chi connectivity index (χ1) is 7.22. The van der Waals surface area contributed by atoms with Gasteiger partial charge < -0.3 is 14.9 Å². The minimum absolute atomic E-state index is 0.0320. The summed E-state index contributed by atoms with van der Waals surface area (Å²) in [6.07, 6.45) is 0. The number of ether oxygens (including phenoxy) is 1. The molecule has 0 saturated heterocycles. The van der Waals surface area contributed by atoms with Gasteiger partial charge in [-0.15, -0.1) is 0 Å². The fraction of sp³-hybridized carbons (Fsp3) is 0.364. The molecule has 0 spiro atoms. The molecule has 1 aromatic rings. The number of phenolic OH excluding ortho intramolecular Hbond substituents is 2. The van der Waals surface area contributed by atoms with Crippen LogP contribution in [-0.2, 0) is 4.74 Å². The van der Waals surface area contributed by atoms with Crippen molar-refractivity contribution in [1.29, 1.82) is 0 Å². The molecule has 2 N–H and O–H groups in total. The van der Waals surface area contributed by atoms with Crippen molar-refractivity contribution in [3.05, 3.63) is 22.7 Å². The van der Waals surface area contributed by atoms with Gasteiger partial charge >= 0.3 is 5.97 Å². The van der Waals surface area contributed by atoms with Crippen LogP contribution >= 0.6 is 11.6 Å². The van der Waals surface area contributed by atoms with Gasteiger partial charge in [-0.1, -0.05) is 11.6 Å². The number of halogens is 1. The zero-order chi connectivity index (χ0) is 12.5. The van der Waals surface area contributed by atoms with Gasteiger partial charge in [0, 0.05) is 0 Å². The molecule has 0 fully saturated rings. The quantitative estimate of drug-likeness (QED) is 0.589. The second-order valence-electron chi connectivity index (χ2n) is 4.29. The maximum atomic E-state index is 11.7. The fourth-order valence-electron chi connectivity index (χ4n) is 1.08. The Morgan fingerprint density at radius 2 is 1.88 bits per heavy atom. The van der Waals surface area contributed by atoms with E-state index in [4.69, 9.17) is 16.3 Å². The van der Waals surface area contributed by atoms with E-state index in [9.17, 15) is 15.0 Å². The third-order valence-electron chi connectivity index (χ3n) is 1.71. The van der Waals surface area contributed by atoms with Gasteiger partial charge in [0.1, 0.15) is 11.2 Å². The predicted molar refractivity (Wildman–Crippen MR) is 60.0 cm³/mol. The highest BCUT2D eigenvalue weighted by atomic mass is 35.5. The van der Waals surface area contributed by atoms with E-state index in [0.29, 0.717) is 0 Å². The lowest BCUT2D eigenvalue weighted by Crippen LogP contribution is -2.24. The monoisotopic (exact) mass is 244 g/mol. The summed E-state index contributed by atoms with van der Waals surface area (Å²) in [5, 5.41) is 18.8. The van der Waals surface area contributed by atoms with Gasteiger partial charge in [-0.25, -0.2) is 4.79 Å². The Hall–Kier alpha value is -1.42. The number of aromatic hydroxyl groups is 2. The van der Waals surface area contributed by atoms with Crippen LogP contribution in [0.1, 0.15) is 31.1 Å². The third-order valence-corrected chi connectivity index (χ3v) is 2.02. The van der Waals surface area contributed by atoms with E-state index in [0.717, 1.165) is 0 Å². The normalized spacial score (nSPS) is 11.2. The highest BCUT2D eigenvalue weighted by molar-refractivity contribution is 6.34. The molecule has 1 rings (SSSR count). The molecule has 88 valence electrons. The number of esters is 1. The Balaban J connectivity index is 3.14. The van der Waals surface area contributed by atoms with Crippen molar-refractivity contribution >= 4 is 17.6 Å². The average Bonchev–Trinajstić information content (AvgIpc) is 2.09. The Labute approximate surface area is 98.4 Å². The van der Waals surface area contributed by atoms with E-state index < -0.39 is 23.1 Å². The lowest BCUT2D eigenvalue weighted by molar-refractivity contribution is 0.00664. The molecule has 0 bridgehead atoms. The predicted octanol–water partition coefficient (Wildman–Crippen LogP) is 2.71. The van der Waals surface area contributed by atoms with Crippen LogP contribution in [0, 0.1) is 0 Å². The smallest absolute Gasteiger partial charge is 0.344 e. The second kappa shape index (κ2) is 4.22. The first kappa shape index (κ1) is 12.6. The minimum atomic E-state index is -0.772. The van der Waals surface area contributed by atoms with Crippen LogP contribution in [0.4, 0.5) is 0 Å². The summed E-state index contributed by atoms with van der Waals surface area (Å²) in [6.45, 7) is 5.08. The molecule has 0 heterocycles. The van der Waals surface area contributed by atoms with Crippen molar-refractivity contribution in [2.24, 2.45) is 0 Å². The number of benzene rings is 1. The lowest BCUT2D eigenvalue weighted by Gasteiger charge is -2.20. The molecule has 0 atom stereocenters. The molecule has 1 aromatic carbocycles. The average molecular weight is 245 g/mol. The number of phenols is 2. The van der Waals surface area contributed by atoms with E-state index in [2.05, 4.69) is 0 Å². The summed E-state index contributed by atoms with van der Waals surface area (Å²) in [5.41, 5.74) is -0.921. The minimum Gasteiger partial charge on any atom is -0.504 e. The standard InChI is InChI=1S/C11H13ClO4/c1-11(2,3)16-10(15)8-6(12)4-5-7(13)9(8)14/h4-5,13-14H,1-3H3.